The molecule has 0 aliphatic carbocycles. The van der Waals surface area contributed by atoms with E-state index in [2.05, 4.69) is 15.3 Å². The standard InChI is InChI=1S/C18H20N4O3/c1-18(2,17-19-10-14(25-4)16(24)20-17)21-15(23)12-6-5-7-13-11(12)8-9-22(13)3/h5-10H,1-4H3,(H,21,23)(H,19,20,24). The van der Waals surface area contributed by atoms with Crippen molar-refractivity contribution in [2.24, 2.45) is 7.05 Å². The molecule has 7 nitrogen and oxygen atoms in total. The molecule has 3 aromatic rings. The minimum atomic E-state index is -0.862. The van der Waals surface area contributed by atoms with Crippen molar-refractivity contribution in [3.63, 3.8) is 0 Å². The van der Waals surface area contributed by atoms with Gasteiger partial charge in [-0.1, -0.05) is 6.07 Å². The Kier molecular flexibility index (Phi) is 4.08. The van der Waals surface area contributed by atoms with Crippen LogP contribution >= 0.6 is 0 Å². The average Bonchev–Trinajstić information content (AvgIpc) is 2.95. The summed E-state index contributed by atoms with van der Waals surface area (Å²) < 4.78 is 6.88. The van der Waals surface area contributed by atoms with E-state index in [-0.39, 0.29) is 17.2 Å². The molecule has 0 saturated carbocycles. The van der Waals surface area contributed by atoms with E-state index in [9.17, 15) is 9.59 Å². The number of nitrogens with zero attached hydrogens (tertiary/aromatic N) is 2. The molecule has 130 valence electrons. The third-order valence-corrected chi connectivity index (χ3v) is 4.18. The smallest absolute Gasteiger partial charge is 0.293 e. The summed E-state index contributed by atoms with van der Waals surface area (Å²) in [5, 5.41) is 3.80. The molecule has 1 aromatic carbocycles. The van der Waals surface area contributed by atoms with Crippen LogP contribution in [0.1, 0.15) is 30.0 Å². The van der Waals surface area contributed by atoms with Gasteiger partial charge in [-0.15, -0.1) is 0 Å². The van der Waals surface area contributed by atoms with E-state index in [1.807, 2.05) is 36.0 Å². The zero-order valence-corrected chi connectivity index (χ0v) is 14.6. The summed E-state index contributed by atoms with van der Waals surface area (Å²) in [6, 6.07) is 7.49. The van der Waals surface area contributed by atoms with E-state index in [1.165, 1.54) is 13.3 Å². The lowest BCUT2D eigenvalue weighted by Gasteiger charge is -2.25. The van der Waals surface area contributed by atoms with Crippen molar-refractivity contribution in [2.75, 3.05) is 7.11 Å². The molecule has 3 rings (SSSR count). The number of carbonyl (C=O) groups excluding carboxylic acids is 1. The first-order valence-electron chi connectivity index (χ1n) is 7.84. The molecule has 2 heterocycles. The van der Waals surface area contributed by atoms with Crippen molar-refractivity contribution in [2.45, 2.75) is 19.4 Å². The number of aromatic amines is 1. The van der Waals surface area contributed by atoms with Crippen molar-refractivity contribution in [3.8, 4) is 5.75 Å². The number of fused-ring (bicyclic) bond motifs is 1. The summed E-state index contributed by atoms with van der Waals surface area (Å²) in [6.07, 6.45) is 3.26. The summed E-state index contributed by atoms with van der Waals surface area (Å²) in [5.74, 6) is 0.243. The quantitative estimate of drug-likeness (QED) is 0.759. The van der Waals surface area contributed by atoms with Gasteiger partial charge in [0.1, 0.15) is 5.82 Å². The van der Waals surface area contributed by atoms with Gasteiger partial charge in [0.25, 0.3) is 11.5 Å². The van der Waals surface area contributed by atoms with Crippen molar-refractivity contribution in [3.05, 3.63) is 58.4 Å². The average molecular weight is 340 g/mol. The molecular weight excluding hydrogens is 320 g/mol. The van der Waals surface area contributed by atoms with Gasteiger partial charge in [0.05, 0.1) is 18.8 Å². The molecular formula is C18H20N4O3. The minimum absolute atomic E-state index is 0.125. The molecule has 0 bridgehead atoms. The number of amides is 1. The lowest BCUT2D eigenvalue weighted by molar-refractivity contribution is 0.0910. The highest BCUT2D eigenvalue weighted by Gasteiger charge is 2.27. The van der Waals surface area contributed by atoms with Gasteiger partial charge in [0.2, 0.25) is 5.75 Å². The van der Waals surface area contributed by atoms with Gasteiger partial charge in [-0.05, 0) is 32.0 Å². The number of aromatic nitrogens is 3. The number of hydrogen-bond acceptors (Lipinski definition) is 4. The lowest BCUT2D eigenvalue weighted by Crippen LogP contribution is -2.43. The predicted molar refractivity (Wildman–Crippen MR) is 94.8 cm³/mol. The molecule has 7 heteroatoms. The summed E-state index contributed by atoms with van der Waals surface area (Å²) in [5.41, 5.74) is 0.294. The highest BCUT2D eigenvalue weighted by molar-refractivity contribution is 6.06. The zero-order valence-electron chi connectivity index (χ0n) is 14.6. The molecule has 25 heavy (non-hydrogen) atoms. The Morgan fingerprint density at radius 3 is 2.76 bits per heavy atom. The summed E-state index contributed by atoms with van der Waals surface area (Å²) in [6.45, 7) is 3.56. The van der Waals surface area contributed by atoms with Crippen LogP contribution in [0.15, 0.2) is 41.5 Å². The monoisotopic (exact) mass is 340 g/mol. The van der Waals surface area contributed by atoms with Crippen molar-refractivity contribution >= 4 is 16.8 Å². The van der Waals surface area contributed by atoms with E-state index < -0.39 is 5.54 Å². The molecule has 1 amide bonds. The largest absolute Gasteiger partial charge is 0.490 e. The van der Waals surface area contributed by atoms with Gasteiger partial charge >= 0.3 is 0 Å². The maximum absolute atomic E-state index is 12.8. The minimum Gasteiger partial charge on any atom is -0.490 e. The number of nitrogens with one attached hydrogen (secondary N) is 2. The number of carbonyl (C=O) groups is 1. The van der Waals surface area contributed by atoms with Crippen LogP contribution in [0.3, 0.4) is 0 Å². The fourth-order valence-electron chi connectivity index (χ4n) is 2.76. The molecule has 0 atom stereocenters. The molecule has 0 aliphatic rings. The molecule has 0 unspecified atom stereocenters. The van der Waals surface area contributed by atoms with E-state index in [1.54, 1.807) is 19.9 Å². The maximum Gasteiger partial charge on any atom is 0.293 e. The number of hydrogen-bond donors (Lipinski definition) is 2. The second-order valence-corrected chi connectivity index (χ2v) is 6.37. The summed E-state index contributed by atoms with van der Waals surface area (Å²) in [7, 11) is 3.33. The van der Waals surface area contributed by atoms with Crippen LogP contribution in [0.2, 0.25) is 0 Å². The number of methoxy groups -OCH3 is 1. The number of aryl methyl sites for hydroxylation is 1. The molecule has 0 aliphatic heterocycles. The SMILES string of the molecule is COc1cnc(C(C)(C)NC(=O)c2cccc3c2ccn3C)[nH]c1=O. The Morgan fingerprint density at radius 1 is 1.32 bits per heavy atom. The van der Waals surface area contributed by atoms with E-state index in [4.69, 9.17) is 4.74 Å². The van der Waals surface area contributed by atoms with Crippen molar-refractivity contribution in [1.82, 2.24) is 19.9 Å². The van der Waals surface area contributed by atoms with E-state index in [0.29, 0.717) is 11.4 Å². The zero-order chi connectivity index (χ0) is 18.2. The first-order valence-corrected chi connectivity index (χ1v) is 7.84. The lowest BCUT2D eigenvalue weighted by atomic mass is 10.0. The Balaban J connectivity index is 1.93. The summed E-state index contributed by atoms with van der Waals surface area (Å²) in [4.78, 5) is 31.6. The topological polar surface area (TPSA) is 89.0 Å². The van der Waals surface area contributed by atoms with Crippen LogP contribution in [0.25, 0.3) is 10.9 Å². The Bertz CT molecular complexity index is 1000. The maximum atomic E-state index is 12.8. The number of ether oxygens (including phenoxy) is 1. The van der Waals surface area contributed by atoms with E-state index in [0.717, 1.165) is 10.9 Å². The number of rotatable bonds is 4. The molecule has 2 N–H and O–H groups in total. The number of benzene rings is 1. The molecule has 0 saturated heterocycles. The van der Waals surface area contributed by atoms with Crippen LogP contribution in [0.5, 0.6) is 5.75 Å². The van der Waals surface area contributed by atoms with E-state index >= 15 is 0 Å². The molecule has 0 radical (unpaired) electrons. The Labute approximate surface area is 144 Å². The van der Waals surface area contributed by atoms with Crippen LogP contribution in [-0.4, -0.2) is 27.6 Å². The Morgan fingerprint density at radius 2 is 2.08 bits per heavy atom. The van der Waals surface area contributed by atoms with Gasteiger partial charge in [-0.3, -0.25) is 9.59 Å². The van der Waals surface area contributed by atoms with Gasteiger partial charge in [-0.2, -0.15) is 0 Å². The first kappa shape index (κ1) is 16.8. The Hall–Kier alpha value is -3.09. The van der Waals surface area contributed by atoms with Crippen LogP contribution < -0.4 is 15.6 Å². The van der Waals surface area contributed by atoms with Crippen molar-refractivity contribution < 1.29 is 9.53 Å². The van der Waals surface area contributed by atoms with Gasteiger partial charge in [0, 0.05) is 29.7 Å². The van der Waals surface area contributed by atoms with Gasteiger partial charge < -0.3 is 19.6 Å². The fraction of sp³-hybridized carbons (Fsp3) is 0.278. The third-order valence-electron chi connectivity index (χ3n) is 4.18. The second-order valence-electron chi connectivity index (χ2n) is 6.37. The highest BCUT2D eigenvalue weighted by Crippen LogP contribution is 2.22. The van der Waals surface area contributed by atoms with Crippen LogP contribution in [0.4, 0.5) is 0 Å². The second kappa shape index (κ2) is 6.08. The van der Waals surface area contributed by atoms with Gasteiger partial charge in [0.15, 0.2) is 0 Å². The summed E-state index contributed by atoms with van der Waals surface area (Å²) >= 11 is 0. The fourth-order valence-corrected chi connectivity index (χ4v) is 2.76. The predicted octanol–water partition coefficient (Wildman–Crippen LogP) is 1.94. The third kappa shape index (κ3) is 3.00. The molecule has 2 aromatic heterocycles. The number of H-pyrrole nitrogens is 1. The van der Waals surface area contributed by atoms with Gasteiger partial charge in [-0.25, -0.2) is 4.98 Å². The first-order chi connectivity index (χ1) is 11.8. The van der Waals surface area contributed by atoms with Crippen molar-refractivity contribution in [1.29, 1.82) is 0 Å². The highest BCUT2D eigenvalue weighted by atomic mass is 16.5. The molecule has 0 spiro atoms. The van der Waals surface area contributed by atoms with Crippen LogP contribution in [0, 0.1) is 0 Å². The van der Waals surface area contributed by atoms with Crippen LogP contribution in [-0.2, 0) is 12.6 Å². The normalized spacial score (nSPS) is 11.5. The molecule has 0 fully saturated rings.